The van der Waals surface area contributed by atoms with Gasteiger partial charge in [-0.3, -0.25) is 9.59 Å². The highest BCUT2D eigenvalue weighted by Crippen LogP contribution is 2.20. The number of ether oxygens (including phenoxy) is 1. The van der Waals surface area contributed by atoms with Gasteiger partial charge in [0, 0.05) is 20.1 Å². The van der Waals surface area contributed by atoms with Gasteiger partial charge in [-0.1, -0.05) is 12.1 Å². The van der Waals surface area contributed by atoms with Gasteiger partial charge in [-0.05, 0) is 12.1 Å². The van der Waals surface area contributed by atoms with E-state index in [0.29, 0.717) is 11.4 Å². The molecular formula is C12H17N3O3. The van der Waals surface area contributed by atoms with Crippen LogP contribution >= 0.6 is 0 Å². The van der Waals surface area contributed by atoms with Crippen LogP contribution in [0.3, 0.4) is 0 Å². The molecule has 6 nitrogen and oxygen atoms in total. The Morgan fingerprint density at radius 2 is 1.72 bits per heavy atom. The van der Waals surface area contributed by atoms with Crippen LogP contribution in [0.5, 0.6) is 0 Å². The molecule has 0 saturated carbocycles. The zero-order chi connectivity index (χ0) is 13.4. The molecule has 1 rings (SSSR count). The third-order valence-electron chi connectivity index (χ3n) is 2.12. The summed E-state index contributed by atoms with van der Waals surface area (Å²) in [4.78, 5) is 22.9. The van der Waals surface area contributed by atoms with E-state index in [4.69, 9.17) is 10.5 Å². The lowest BCUT2D eigenvalue weighted by atomic mass is 10.2. The molecule has 18 heavy (non-hydrogen) atoms. The molecule has 0 radical (unpaired) electrons. The lowest BCUT2D eigenvalue weighted by Crippen LogP contribution is -2.20. The maximum absolute atomic E-state index is 11.4. The van der Waals surface area contributed by atoms with E-state index < -0.39 is 0 Å². The Morgan fingerprint density at radius 3 is 2.22 bits per heavy atom. The third kappa shape index (κ3) is 4.52. The first kappa shape index (κ1) is 14.1. The van der Waals surface area contributed by atoms with E-state index >= 15 is 0 Å². The first-order chi connectivity index (χ1) is 8.67. The lowest BCUT2D eigenvalue weighted by Gasteiger charge is -2.11. The zero-order valence-electron chi connectivity index (χ0n) is 10.2. The number of anilines is 2. The van der Waals surface area contributed by atoms with Gasteiger partial charge >= 0.3 is 0 Å². The summed E-state index contributed by atoms with van der Waals surface area (Å²) >= 11 is 0. The molecule has 0 atom stereocenters. The minimum atomic E-state index is -0.280. The Labute approximate surface area is 105 Å². The molecule has 0 saturated heterocycles. The van der Waals surface area contributed by atoms with E-state index in [0.717, 1.165) is 0 Å². The summed E-state index contributed by atoms with van der Waals surface area (Å²) in [6.07, 6.45) is 0.236. The maximum atomic E-state index is 11.4. The predicted octanol–water partition coefficient (Wildman–Crippen LogP) is 0.559. The monoisotopic (exact) mass is 251 g/mol. The second kappa shape index (κ2) is 7.41. The van der Waals surface area contributed by atoms with E-state index in [2.05, 4.69) is 10.6 Å². The number of rotatable bonds is 6. The van der Waals surface area contributed by atoms with Crippen molar-refractivity contribution in [1.82, 2.24) is 0 Å². The minimum Gasteiger partial charge on any atom is -0.375 e. The van der Waals surface area contributed by atoms with Crippen molar-refractivity contribution < 1.29 is 14.3 Å². The first-order valence-electron chi connectivity index (χ1n) is 5.55. The molecular weight excluding hydrogens is 234 g/mol. The van der Waals surface area contributed by atoms with Gasteiger partial charge in [-0.15, -0.1) is 0 Å². The summed E-state index contributed by atoms with van der Waals surface area (Å²) in [7, 11) is 1.44. The van der Waals surface area contributed by atoms with Gasteiger partial charge in [0.1, 0.15) is 6.61 Å². The Bertz CT molecular complexity index is 382. The van der Waals surface area contributed by atoms with Crippen LogP contribution in [0.25, 0.3) is 0 Å². The number of benzene rings is 1. The molecule has 0 spiro atoms. The largest absolute Gasteiger partial charge is 0.375 e. The van der Waals surface area contributed by atoms with Gasteiger partial charge in [-0.25, -0.2) is 0 Å². The highest BCUT2D eigenvalue weighted by molar-refractivity contribution is 5.99. The van der Waals surface area contributed by atoms with Crippen LogP contribution in [0.4, 0.5) is 11.4 Å². The second-order valence-electron chi connectivity index (χ2n) is 3.61. The summed E-state index contributed by atoms with van der Waals surface area (Å²) in [5.74, 6) is -0.469. The summed E-state index contributed by atoms with van der Waals surface area (Å²) in [5, 5.41) is 5.33. The molecule has 0 aliphatic carbocycles. The molecule has 0 aliphatic heterocycles. The van der Waals surface area contributed by atoms with Crippen LogP contribution in [-0.2, 0) is 14.3 Å². The number of nitrogens with one attached hydrogen (secondary N) is 2. The Morgan fingerprint density at radius 1 is 1.17 bits per heavy atom. The van der Waals surface area contributed by atoms with Gasteiger partial charge in [0.2, 0.25) is 11.8 Å². The van der Waals surface area contributed by atoms with Crippen molar-refractivity contribution in [3.8, 4) is 0 Å². The average molecular weight is 251 g/mol. The minimum absolute atomic E-state index is 0.0366. The van der Waals surface area contributed by atoms with Gasteiger partial charge in [0.15, 0.2) is 0 Å². The zero-order valence-corrected chi connectivity index (χ0v) is 10.2. The fourth-order valence-electron chi connectivity index (χ4n) is 1.36. The number of nitrogens with two attached hydrogens (primary N) is 1. The maximum Gasteiger partial charge on any atom is 0.250 e. The topological polar surface area (TPSA) is 93.5 Å². The van der Waals surface area contributed by atoms with Crippen molar-refractivity contribution in [2.75, 3.05) is 30.9 Å². The van der Waals surface area contributed by atoms with Gasteiger partial charge < -0.3 is 21.1 Å². The summed E-state index contributed by atoms with van der Waals surface area (Å²) < 4.78 is 4.72. The van der Waals surface area contributed by atoms with Crippen LogP contribution in [0.1, 0.15) is 6.42 Å². The van der Waals surface area contributed by atoms with Crippen molar-refractivity contribution in [3.63, 3.8) is 0 Å². The molecule has 0 aromatic heterocycles. The normalized spacial score (nSPS) is 9.89. The van der Waals surface area contributed by atoms with Gasteiger partial charge in [0.25, 0.3) is 0 Å². The summed E-state index contributed by atoms with van der Waals surface area (Å²) in [6.45, 7) is 0.245. The number of hydrogen-bond acceptors (Lipinski definition) is 4. The molecule has 0 aliphatic rings. The number of para-hydroxylation sites is 2. The Hall–Kier alpha value is -1.92. The second-order valence-corrected chi connectivity index (χ2v) is 3.61. The number of hydrogen-bond donors (Lipinski definition) is 3. The van der Waals surface area contributed by atoms with Crippen LogP contribution in [0.15, 0.2) is 24.3 Å². The van der Waals surface area contributed by atoms with Crippen molar-refractivity contribution in [2.24, 2.45) is 5.73 Å². The van der Waals surface area contributed by atoms with E-state index in [1.807, 2.05) is 0 Å². The van der Waals surface area contributed by atoms with Crippen LogP contribution in [0.2, 0.25) is 0 Å². The molecule has 4 N–H and O–H groups in total. The van der Waals surface area contributed by atoms with Crippen LogP contribution in [0, 0.1) is 0 Å². The first-order valence-corrected chi connectivity index (χ1v) is 5.55. The summed E-state index contributed by atoms with van der Waals surface area (Å²) in [6, 6.07) is 6.94. The van der Waals surface area contributed by atoms with Crippen molar-refractivity contribution >= 4 is 23.2 Å². The highest BCUT2D eigenvalue weighted by Gasteiger charge is 2.08. The lowest BCUT2D eigenvalue weighted by molar-refractivity contribution is -0.119. The smallest absolute Gasteiger partial charge is 0.250 e. The molecule has 2 amide bonds. The van der Waals surface area contributed by atoms with Crippen molar-refractivity contribution in [3.05, 3.63) is 24.3 Å². The van der Waals surface area contributed by atoms with Crippen LogP contribution in [-0.4, -0.2) is 32.1 Å². The molecule has 0 bridgehead atoms. The third-order valence-corrected chi connectivity index (χ3v) is 2.12. The van der Waals surface area contributed by atoms with E-state index in [9.17, 15) is 9.59 Å². The predicted molar refractivity (Wildman–Crippen MR) is 69.2 cm³/mol. The van der Waals surface area contributed by atoms with E-state index in [1.165, 1.54) is 7.11 Å². The molecule has 98 valence electrons. The number of methoxy groups -OCH3 is 1. The quantitative estimate of drug-likeness (QED) is 0.688. The average Bonchev–Trinajstić information content (AvgIpc) is 2.32. The molecule has 0 unspecified atom stereocenters. The molecule has 0 fully saturated rings. The number of carbonyl (C=O) groups excluding carboxylic acids is 2. The van der Waals surface area contributed by atoms with Crippen LogP contribution < -0.4 is 16.4 Å². The number of amides is 2. The van der Waals surface area contributed by atoms with Crippen molar-refractivity contribution in [1.29, 1.82) is 0 Å². The van der Waals surface area contributed by atoms with E-state index in [1.54, 1.807) is 24.3 Å². The van der Waals surface area contributed by atoms with E-state index in [-0.39, 0.29) is 31.4 Å². The van der Waals surface area contributed by atoms with Gasteiger partial charge in [0.05, 0.1) is 11.4 Å². The van der Waals surface area contributed by atoms with Crippen molar-refractivity contribution in [2.45, 2.75) is 6.42 Å². The SMILES string of the molecule is COCC(=O)Nc1ccccc1NC(=O)CCN. The summed E-state index contributed by atoms with van der Waals surface area (Å²) in [5.41, 5.74) is 6.37. The highest BCUT2D eigenvalue weighted by atomic mass is 16.5. The van der Waals surface area contributed by atoms with Gasteiger partial charge in [-0.2, -0.15) is 0 Å². The molecule has 1 aromatic rings. The standard InChI is InChI=1S/C12H17N3O3/c1-18-8-12(17)15-10-5-3-2-4-9(10)14-11(16)6-7-13/h2-5H,6-8,13H2,1H3,(H,14,16)(H,15,17). The fourth-order valence-corrected chi connectivity index (χ4v) is 1.36. The molecule has 1 aromatic carbocycles. The molecule has 0 heterocycles. The Balaban J connectivity index is 2.73. The fraction of sp³-hybridized carbons (Fsp3) is 0.333. The molecule has 6 heteroatoms. The number of carbonyl (C=O) groups is 2. The Kier molecular flexibility index (Phi) is 5.83.